The highest BCUT2D eigenvalue weighted by Gasteiger charge is 2.25. The van der Waals surface area contributed by atoms with E-state index in [-0.39, 0.29) is 0 Å². The van der Waals surface area contributed by atoms with Gasteiger partial charge in [-0.25, -0.2) is 0 Å². The molecule has 0 saturated carbocycles. The molecule has 92 valence electrons. The molecule has 0 aromatic rings. The Bertz CT molecular complexity index is 252. The van der Waals surface area contributed by atoms with E-state index in [0.717, 1.165) is 12.5 Å². The van der Waals surface area contributed by atoms with Crippen LogP contribution < -0.4 is 5.73 Å². The second-order valence-corrected chi connectivity index (χ2v) is 5.35. The summed E-state index contributed by atoms with van der Waals surface area (Å²) in [6.45, 7) is 7.14. The van der Waals surface area contributed by atoms with E-state index in [2.05, 4.69) is 35.9 Å². The Morgan fingerprint density at radius 1 is 1.31 bits per heavy atom. The molecule has 1 aliphatic carbocycles. The Morgan fingerprint density at radius 2 is 2.12 bits per heavy atom. The maximum Gasteiger partial charge on any atom is 0.0229 e. The van der Waals surface area contributed by atoms with Crippen molar-refractivity contribution in [1.29, 1.82) is 0 Å². The third-order valence-electron chi connectivity index (χ3n) is 4.03. The van der Waals surface area contributed by atoms with Crippen molar-refractivity contribution in [3.8, 4) is 0 Å². The number of rotatable bonds is 3. The van der Waals surface area contributed by atoms with Crippen LogP contribution in [0.1, 0.15) is 19.8 Å². The van der Waals surface area contributed by atoms with Gasteiger partial charge in [0.25, 0.3) is 0 Å². The van der Waals surface area contributed by atoms with Gasteiger partial charge >= 0.3 is 0 Å². The largest absolute Gasteiger partial charge is 0.324 e. The Kier molecular flexibility index (Phi) is 4.00. The van der Waals surface area contributed by atoms with E-state index in [0.29, 0.717) is 12.0 Å². The Hall–Kier alpha value is -0.380. The Balaban J connectivity index is 1.80. The standard InChI is InChI=1S/C13H25N3/c1-3-13-10-16(7-6-15(13)2)9-11-4-5-12(14)8-11/h4-5,11-13H,3,6-10,14H2,1-2H3. The van der Waals surface area contributed by atoms with Crippen LogP contribution >= 0.6 is 0 Å². The highest BCUT2D eigenvalue weighted by atomic mass is 15.3. The summed E-state index contributed by atoms with van der Waals surface area (Å²) >= 11 is 0. The van der Waals surface area contributed by atoms with Crippen LogP contribution in [-0.4, -0.2) is 55.1 Å². The van der Waals surface area contributed by atoms with Crippen molar-refractivity contribution in [3.05, 3.63) is 12.2 Å². The first-order chi connectivity index (χ1) is 7.69. The van der Waals surface area contributed by atoms with Crippen molar-refractivity contribution >= 4 is 0 Å². The Labute approximate surface area is 99.3 Å². The van der Waals surface area contributed by atoms with Crippen LogP contribution in [0, 0.1) is 5.92 Å². The van der Waals surface area contributed by atoms with Crippen LogP contribution in [0.2, 0.25) is 0 Å². The van der Waals surface area contributed by atoms with Gasteiger partial charge in [-0.1, -0.05) is 19.1 Å². The molecule has 3 unspecified atom stereocenters. The molecule has 1 saturated heterocycles. The minimum Gasteiger partial charge on any atom is -0.324 e. The fraction of sp³-hybridized carbons (Fsp3) is 0.846. The molecule has 16 heavy (non-hydrogen) atoms. The van der Waals surface area contributed by atoms with Crippen molar-refractivity contribution in [2.24, 2.45) is 11.7 Å². The molecule has 2 N–H and O–H groups in total. The molecule has 0 amide bonds. The topological polar surface area (TPSA) is 32.5 Å². The smallest absolute Gasteiger partial charge is 0.0229 e. The number of hydrogen-bond donors (Lipinski definition) is 1. The molecule has 2 rings (SSSR count). The van der Waals surface area contributed by atoms with E-state index in [9.17, 15) is 0 Å². The monoisotopic (exact) mass is 223 g/mol. The van der Waals surface area contributed by atoms with Crippen LogP contribution in [0.4, 0.5) is 0 Å². The lowest BCUT2D eigenvalue weighted by Gasteiger charge is -2.40. The summed E-state index contributed by atoms with van der Waals surface area (Å²) < 4.78 is 0. The number of nitrogens with two attached hydrogens (primary N) is 1. The maximum atomic E-state index is 5.89. The quantitative estimate of drug-likeness (QED) is 0.722. The molecular weight excluding hydrogens is 198 g/mol. The zero-order chi connectivity index (χ0) is 11.5. The van der Waals surface area contributed by atoms with E-state index in [1.165, 1.54) is 32.6 Å². The van der Waals surface area contributed by atoms with Crippen LogP contribution in [0.5, 0.6) is 0 Å². The first-order valence-corrected chi connectivity index (χ1v) is 6.55. The van der Waals surface area contributed by atoms with E-state index in [1.54, 1.807) is 0 Å². The second-order valence-electron chi connectivity index (χ2n) is 5.35. The van der Waals surface area contributed by atoms with Crippen molar-refractivity contribution in [3.63, 3.8) is 0 Å². The van der Waals surface area contributed by atoms with Crippen molar-refractivity contribution in [1.82, 2.24) is 9.80 Å². The molecule has 0 aromatic heterocycles. The molecule has 0 spiro atoms. The van der Waals surface area contributed by atoms with Crippen LogP contribution in [0.25, 0.3) is 0 Å². The molecule has 0 bridgehead atoms. The van der Waals surface area contributed by atoms with Crippen molar-refractivity contribution in [2.75, 3.05) is 33.2 Å². The minimum absolute atomic E-state index is 0.305. The predicted molar refractivity (Wildman–Crippen MR) is 68.4 cm³/mol. The summed E-state index contributed by atoms with van der Waals surface area (Å²) in [4.78, 5) is 5.11. The summed E-state index contributed by atoms with van der Waals surface area (Å²) in [5, 5.41) is 0. The van der Waals surface area contributed by atoms with Gasteiger partial charge in [0.15, 0.2) is 0 Å². The van der Waals surface area contributed by atoms with E-state index < -0.39 is 0 Å². The molecule has 0 radical (unpaired) electrons. The fourth-order valence-electron chi connectivity index (χ4n) is 2.89. The first-order valence-electron chi connectivity index (χ1n) is 6.55. The molecular formula is C13H25N3. The number of piperazine rings is 1. The molecule has 3 heteroatoms. The second kappa shape index (κ2) is 5.30. The molecule has 1 fully saturated rings. The molecule has 3 atom stereocenters. The normalized spacial score (nSPS) is 37.1. The number of nitrogens with zero attached hydrogens (tertiary/aromatic N) is 2. The summed E-state index contributed by atoms with van der Waals surface area (Å²) in [5.74, 6) is 0.691. The number of hydrogen-bond acceptors (Lipinski definition) is 3. The maximum absolute atomic E-state index is 5.89. The zero-order valence-corrected chi connectivity index (χ0v) is 10.6. The average Bonchev–Trinajstić information content (AvgIpc) is 2.67. The van der Waals surface area contributed by atoms with Gasteiger partial charge in [0, 0.05) is 38.3 Å². The summed E-state index contributed by atoms with van der Waals surface area (Å²) in [7, 11) is 2.25. The fourth-order valence-corrected chi connectivity index (χ4v) is 2.89. The van der Waals surface area contributed by atoms with Crippen LogP contribution in [-0.2, 0) is 0 Å². The van der Waals surface area contributed by atoms with Crippen molar-refractivity contribution < 1.29 is 0 Å². The van der Waals surface area contributed by atoms with Gasteiger partial charge in [0.2, 0.25) is 0 Å². The van der Waals surface area contributed by atoms with Gasteiger partial charge < -0.3 is 10.6 Å². The molecule has 3 nitrogen and oxygen atoms in total. The third-order valence-corrected chi connectivity index (χ3v) is 4.03. The summed E-state index contributed by atoms with van der Waals surface area (Å²) in [6, 6.07) is 1.05. The van der Waals surface area contributed by atoms with Gasteiger partial charge in [-0.3, -0.25) is 4.90 Å². The highest BCUT2D eigenvalue weighted by molar-refractivity contribution is 5.05. The summed E-state index contributed by atoms with van der Waals surface area (Å²) in [6.07, 6.45) is 6.87. The lowest BCUT2D eigenvalue weighted by Crippen LogP contribution is -2.52. The molecule has 1 heterocycles. The van der Waals surface area contributed by atoms with Crippen molar-refractivity contribution in [2.45, 2.75) is 31.8 Å². The minimum atomic E-state index is 0.305. The average molecular weight is 223 g/mol. The number of likely N-dealkylation sites (N-methyl/N-ethyl adjacent to an activating group) is 1. The zero-order valence-electron chi connectivity index (χ0n) is 10.6. The van der Waals surface area contributed by atoms with Gasteiger partial charge in [0.1, 0.15) is 0 Å². The Morgan fingerprint density at radius 3 is 2.75 bits per heavy atom. The summed E-state index contributed by atoms with van der Waals surface area (Å²) in [5.41, 5.74) is 5.89. The van der Waals surface area contributed by atoms with Gasteiger partial charge in [-0.05, 0) is 25.8 Å². The van der Waals surface area contributed by atoms with E-state index in [1.807, 2.05) is 0 Å². The van der Waals surface area contributed by atoms with E-state index >= 15 is 0 Å². The third kappa shape index (κ3) is 2.84. The van der Waals surface area contributed by atoms with Gasteiger partial charge in [-0.15, -0.1) is 0 Å². The predicted octanol–water partition coefficient (Wildman–Crippen LogP) is 0.916. The molecule has 2 aliphatic rings. The van der Waals surface area contributed by atoms with Gasteiger partial charge in [-0.2, -0.15) is 0 Å². The first kappa shape index (κ1) is 12.1. The van der Waals surface area contributed by atoms with E-state index in [4.69, 9.17) is 5.73 Å². The van der Waals surface area contributed by atoms with Crippen LogP contribution in [0.15, 0.2) is 12.2 Å². The molecule has 0 aromatic carbocycles. The van der Waals surface area contributed by atoms with Crippen LogP contribution in [0.3, 0.4) is 0 Å². The van der Waals surface area contributed by atoms with Gasteiger partial charge in [0.05, 0.1) is 0 Å². The lowest BCUT2D eigenvalue weighted by atomic mass is 10.0. The molecule has 1 aliphatic heterocycles. The highest BCUT2D eigenvalue weighted by Crippen LogP contribution is 2.19. The lowest BCUT2D eigenvalue weighted by molar-refractivity contribution is 0.0858. The SMILES string of the molecule is CCC1CN(CC2C=CC(N)C2)CCN1C.